The van der Waals surface area contributed by atoms with Gasteiger partial charge in [-0.1, -0.05) is 0 Å². The Balaban J connectivity index is 2.40. The molecule has 6 heteroatoms. The summed E-state index contributed by atoms with van der Waals surface area (Å²) in [6, 6.07) is 6.85. The molecular weight excluding hydrogens is 308 g/mol. The van der Waals surface area contributed by atoms with Crippen LogP contribution in [0.2, 0.25) is 0 Å². The molecule has 0 saturated heterocycles. The Morgan fingerprint density at radius 3 is 1.83 bits per heavy atom. The molecule has 0 radical (unpaired) electrons. The maximum Gasteiger partial charge on any atom is 0.255 e. The minimum atomic E-state index is -0.273. The third-order valence-corrected chi connectivity index (χ3v) is 3.72. The second-order valence-electron chi connectivity index (χ2n) is 5.40. The lowest BCUT2D eigenvalue weighted by Gasteiger charge is -2.16. The lowest BCUT2D eigenvalue weighted by atomic mass is 10.1. The Morgan fingerprint density at radius 1 is 0.917 bits per heavy atom. The van der Waals surface area contributed by atoms with E-state index in [0.29, 0.717) is 28.5 Å². The first kappa shape index (κ1) is 17.5. The summed E-state index contributed by atoms with van der Waals surface area (Å²) in [5, 5.41) is 2.92. The van der Waals surface area contributed by atoms with Gasteiger partial charge in [0.25, 0.3) is 5.91 Å². The van der Waals surface area contributed by atoms with Crippen LogP contribution in [0.25, 0.3) is 0 Å². The van der Waals surface area contributed by atoms with Gasteiger partial charge < -0.3 is 25.3 Å². The lowest BCUT2D eigenvalue weighted by Crippen LogP contribution is -2.14. The van der Waals surface area contributed by atoms with Crippen LogP contribution >= 0.6 is 0 Å². The molecule has 0 atom stereocenters. The number of ether oxygens (including phenoxy) is 3. The Kier molecular flexibility index (Phi) is 5.18. The highest BCUT2D eigenvalue weighted by molar-refractivity contribution is 6.06. The number of nitrogens with two attached hydrogens (primary N) is 1. The van der Waals surface area contributed by atoms with Crippen LogP contribution in [0.3, 0.4) is 0 Å². The summed E-state index contributed by atoms with van der Waals surface area (Å²) in [4.78, 5) is 12.6. The molecule has 3 N–H and O–H groups in total. The summed E-state index contributed by atoms with van der Waals surface area (Å²) >= 11 is 0. The molecule has 0 fully saturated rings. The summed E-state index contributed by atoms with van der Waals surface area (Å²) in [6.07, 6.45) is 0. The third kappa shape index (κ3) is 3.37. The molecule has 128 valence electrons. The van der Waals surface area contributed by atoms with E-state index in [1.54, 1.807) is 12.1 Å². The number of benzene rings is 2. The average molecular weight is 330 g/mol. The van der Waals surface area contributed by atoms with Gasteiger partial charge in [0.05, 0.1) is 21.3 Å². The number of carbonyl (C=O) groups is 1. The fraction of sp³-hybridized carbons (Fsp3) is 0.278. The van der Waals surface area contributed by atoms with Gasteiger partial charge in [0.2, 0.25) is 5.75 Å². The molecule has 0 unspecified atom stereocenters. The van der Waals surface area contributed by atoms with Crippen LogP contribution in [0.4, 0.5) is 11.4 Å². The summed E-state index contributed by atoms with van der Waals surface area (Å²) in [5.41, 5.74) is 9.42. The Bertz CT molecular complexity index is 724. The van der Waals surface area contributed by atoms with E-state index in [1.807, 2.05) is 26.0 Å². The molecule has 2 rings (SSSR count). The van der Waals surface area contributed by atoms with Gasteiger partial charge in [-0.05, 0) is 49.2 Å². The van der Waals surface area contributed by atoms with E-state index in [2.05, 4.69) is 5.32 Å². The Labute approximate surface area is 141 Å². The molecule has 0 heterocycles. The molecule has 6 nitrogen and oxygen atoms in total. The minimum absolute atomic E-state index is 0.273. The van der Waals surface area contributed by atoms with E-state index < -0.39 is 0 Å². The molecular formula is C18H22N2O4. The second kappa shape index (κ2) is 7.12. The molecule has 0 aliphatic rings. The van der Waals surface area contributed by atoms with Crippen LogP contribution < -0.4 is 25.3 Å². The van der Waals surface area contributed by atoms with Crippen LogP contribution in [0.5, 0.6) is 17.2 Å². The van der Waals surface area contributed by atoms with Crippen LogP contribution in [-0.4, -0.2) is 27.2 Å². The zero-order chi connectivity index (χ0) is 17.9. The van der Waals surface area contributed by atoms with Gasteiger partial charge in [-0.2, -0.15) is 0 Å². The molecule has 0 aliphatic carbocycles. The molecule has 0 aliphatic heterocycles. The molecule has 0 bridgehead atoms. The normalized spacial score (nSPS) is 10.2. The van der Waals surface area contributed by atoms with Crippen molar-refractivity contribution >= 4 is 17.3 Å². The van der Waals surface area contributed by atoms with Gasteiger partial charge in [-0.25, -0.2) is 0 Å². The summed E-state index contributed by atoms with van der Waals surface area (Å²) < 4.78 is 15.8. The number of nitrogens with one attached hydrogen (secondary N) is 1. The summed E-state index contributed by atoms with van der Waals surface area (Å²) in [5.74, 6) is 1.02. The fourth-order valence-electron chi connectivity index (χ4n) is 2.59. The summed E-state index contributed by atoms with van der Waals surface area (Å²) in [7, 11) is 4.53. The van der Waals surface area contributed by atoms with Gasteiger partial charge in [0.1, 0.15) is 0 Å². The van der Waals surface area contributed by atoms with Gasteiger partial charge in [0.15, 0.2) is 11.5 Å². The van der Waals surface area contributed by atoms with E-state index in [0.717, 1.165) is 16.8 Å². The molecule has 2 aromatic rings. The predicted octanol–water partition coefficient (Wildman–Crippen LogP) is 3.16. The number of hydrogen-bond acceptors (Lipinski definition) is 5. The van der Waals surface area contributed by atoms with Crippen molar-refractivity contribution < 1.29 is 19.0 Å². The molecule has 24 heavy (non-hydrogen) atoms. The number of anilines is 2. The van der Waals surface area contributed by atoms with Crippen molar-refractivity contribution in [3.8, 4) is 17.2 Å². The van der Waals surface area contributed by atoms with E-state index in [4.69, 9.17) is 19.9 Å². The van der Waals surface area contributed by atoms with Gasteiger partial charge in [-0.3, -0.25) is 4.79 Å². The average Bonchev–Trinajstić information content (AvgIpc) is 2.56. The zero-order valence-electron chi connectivity index (χ0n) is 14.5. The van der Waals surface area contributed by atoms with Crippen LogP contribution in [0, 0.1) is 13.8 Å². The maximum absolute atomic E-state index is 12.6. The quantitative estimate of drug-likeness (QED) is 0.823. The van der Waals surface area contributed by atoms with Crippen molar-refractivity contribution in [3.05, 3.63) is 41.0 Å². The topological polar surface area (TPSA) is 82.8 Å². The zero-order valence-corrected chi connectivity index (χ0v) is 14.5. The van der Waals surface area contributed by atoms with E-state index >= 15 is 0 Å². The molecule has 2 aromatic carbocycles. The smallest absolute Gasteiger partial charge is 0.255 e. The number of hydrogen-bond donors (Lipinski definition) is 2. The highest BCUT2D eigenvalue weighted by atomic mass is 16.5. The Morgan fingerprint density at radius 2 is 1.42 bits per heavy atom. The first-order valence-electron chi connectivity index (χ1n) is 7.39. The fourth-order valence-corrected chi connectivity index (χ4v) is 2.59. The van der Waals surface area contributed by atoms with Crippen molar-refractivity contribution in [2.45, 2.75) is 13.8 Å². The summed E-state index contributed by atoms with van der Waals surface area (Å²) in [6.45, 7) is 3.79. The van der Waals surface area contributed by atoms with Crippen molar-refractivity contribution in [1.82, 2.24) is 0 Å². The maximum atomic E-state index is 12.6. The third-order valence-electron chi connectivity index (χ3n) is 3.72. The molecule has 0 aromatic heterocycles. The number of nitrogen functional groups attached to an aromatic ring is 1. The van der Waals surface area contributed by atoms with Crippen LogP contribution in [0.1, 0.15) is 21.5 Å². The number of carbonyl (C=O) groups excluding carboxylic acids is 1. The number of rotatable bonds is 5. The van der Waals surface area contributed by atoms with Gasteiger partial charge in [-0.15, -0.1) is 0 Å². The SMILES string of the molecule is COc1cc(C(=O)Nc2c(C)cc(N)cc2C)cc(OC)c1OC. The molecule has 0 spiro atoms. The monoisotopic (exact) mass is 330 g/mol. The standard InChI is InChI=1S/C18H22N2O4/c1-10-6-13(19)7-11(2)16(10)20-18(21)12-8-14(22-3)17(24-5)15(9-12)23-4/h6-9H,19H2,1-5H3,(H,20,21). The van der Waals surface area contributed by atoms with Crippen molar-refractivity contribution in [2.24, 2.45) is 0 Å². The number of methoxy groups -OCH3 is 3. The largest absolute Gasteiger partial charge is 0.493 e. The second-order valence-corrected chi connectivity index (χ2v) is 5.40. The van der Waals surface area contributed by atoms with Crippen molar-refractivity contribution in [3.63, 3.8) is 0 Å². The van der Waals surface area contributed by atoms with Crippen molar-refractivity contribution in [1.29, 1.82) is 0 Å². The Hall–Kier alpha value is -2.89. The van der Waals surface area contributed by atoms with Crippen LogP contribution in [-0.2, 0) is 0 Å². The van der Waals surface area contributed by atoms with E-state index in [-0.39, 0.29) is 5.91 Å². The highest BCUT2D eigenvalue weighted by Gasteiger charge is 2.18. The molecule has 0 saturated carbocycles. The van der Waals surface area contributed by atoms with Gasteiger partial charge >= 0.3 is 0 Å². The number of amides is 1. The first-order valence-corrected chi connectivity index (χ1v) is 7.39. The minimum Gasteiger partial charge on any atom is -0.493 e. The van der Waals surface area contributed by atoms with Crippen LogP contribution in [0.15, 0.2) is 24.3 Å². The highest BCUT2D eigenvalue weighted by Crippen LogP contribution is 2.38. The molecule has 1 amide bonds. The van der Waals surface area contributed by atoms with E-state index in [1.165, 1.54) is 21.3 Å². The number of aryl methyl sites for hydroxylation is 2. The first-order chi connectivity index (χ1) is 11.4. The van der Waals surface area contributed by atoms with E-state index in [9.17, 15) is 4.79 Å². The predicted molar refractivity (Wildman–Crippen MR) is 94.4 cm³/mol. The lowest BCUT2D eigenvalue weighted by molar-refractivity contribution is 0.102. The van der Waals surface area contributed by atoms with Crippen molar-refractivity contribution in [2.75, 3.05) is 32.4 Å². The van der Waals surface area contributed by atoms with Gasteiger partial charge in [0, 0.05) is 16.9 Å².